The molecule has 0 bridgehead atoms. The molecule has 1 aromatic carbocycles. The van der Waals surface area contributed by atoms with Gasteiger partial charge in [-0.05, 0) is 38.3 Å². The molecule has 1 saturated carbocycles. The molecule has 0 aromatic heterocycles. The van der Waals surface area contributed by atoms with Crippen molar-refractivity contribution in [2.75, 3.05) is 5.32 Å². The maximum absolute atomic E-state index is 11.0. The van der Waals surface area contributed by atoms with Crippen LogP contribution in [-0.2, 0) is 4.79 Å². The van der Waals surface area contributed by atoms with Gasteiger partial charge in [0.2, 0.25) is 0 Å². The van der Waals surface area contributed by atoms with Crippen molar-refractivity contribution >= 4 is 11.7 Å². The minimum atomic E-state index is -0.652. The van der Waals surface area contributed by atoms with Crippen LogP contribution in [0.4, 0.5) is 5.69 Å². The van der Waals surface area contributed by atoms with Gasteiger partial charge in [-0.15, -0.1) is 0 Å². The molecule has 3 heteroatoms. The summed E-state index contributed by atoms with van der Waals surface area (Å²) in [6, 6.07) is 8.55. The number of hydrogen-bond donors (Lipinski definition) is 2. The molecule has 92 valence electrons. The molecule has 2 unspecified atom stereocenters. The van der Waals surface area contributed by atoms with Gasteiger partial charge >= 0.3 is 5.97 Å². The lowest BCUT2D eigenvalue weighted by molar-refractivity contribution is -0.142. The van der Waals surface area contributed by atoms with Crippen LogP contribution in [0.3, 0.4) is 0 Å². The number of anilines is 1. The van der Waals surface area contributed by atoms with Crippen molar-refractivity contribution in [2.45, 2.75) is 38.6 Å². The summed E-state index contributed by atoms with van der Waals surface area (Å²) in [4.78, 5) is 11.0. The van der Waals surface area contributed by atoms with E-state index >= 15 is 0 Å². The third kappa shape index (κ3) is 3.22. The van der Waals surface area contributed by atoms with E-state index in [2.05, 4.69) is 36.5 Å². The molecule has 0 radical (unpaired) electrons. The number of nitrogens with one attached hydrogen (secondary N) is 1. The maximum atomic E-state index is 11.0. The normalized spacial score (nSPS) is 24.3. The first-order valence-electron chi connectivity index (χ1n) is 6.21. The monoisotopic (exact) mass is 233 g/mol. The summed E-state index contributed by atoms with van der Waals surface area (Å²) in [5, 5.41) is 12.5. The molecule has 2 atom stereocenters. The molecule has 3 nitrogen and oxygen atoms in total. The molecule has 1 fully saturated rings. The van der Waals surface area contributed by atoms with Crippen LogP contribution in [0.2, 0.25) is 0 Å². The van der Waals surface area contributed by atoms with Crippen molar-refractivity contribution in [1.29, 1.82) is 0 Å². The summed E-state index contributed by atoms with van der Waals surface area (Å²) in [6.45, 7) is 2.06. The van der Waals surface area contributed by atoms with Gasteiger partial charge in [-0.25, -0.2) is 0 Å². The smallest absolute Gasteiger partial charge is 0.306 e. The fraction of sp³-hybridized carbons (Fsp3) is 0.500. The number of aliphatic carboxylic acids is 1. The van der Waals surface area contributed by atoms with Crippen LogP contribution in [0, 0.1) is 12.8 Å². The summed E-state index contributed by atoms with van der Waals surface area (Å²) in [7, 11) is 0. The minimum absolute atomic E-state index is 0.174. The standard InChI is InChI=1S/C14H19NO2/c1-10-5-7-12(8-6-10)15-13-4-2-3-11(9-13)14(16)17/h5-8,11,13,15H,2-4,9H2,1H3,(H,16,17). The van der Waals surface area contributed by atoms with Gasteiger partial charge in [-0.1, -0.05) is 24.1 Å². The molecule has 0 spiro atoms. The van der Waals surface area contributed by atoms with Crippen molar-refractivity contribution < 1.29 is 9.90 Å². The van der Waals surface area contributed by atoms with Crippen LogP contribution in [-0.4, -0.2) is 17.1 Å². The van der Waals surface area contributed by atoms with Gasteiger partial charge < -0.3 is 10.4 Å². The van der Waals surface area contributed by atoms with Gasteiger partial charge in [0.1, 0.15) is 0 Å². The van der Waals surface area contributed by atoms with E-state index in [-0.39, 0.29) is 5.92 Å². The average molecular weight is 233 g/mol. The summed E-state index contributed by atoms with van der Waals surface area (Å²) in [6.07, 6.45) is 3.63. The highest BCUT2D eigenvalue weighted by atomic mass is 16.4. The largest absolute Gasteiger partial charge is 0.481 e. The Morgan fingerprint density at radius 3 is 2.65 bits per heavy atom. The fourth-order valence-electron chi connectivity index (χ4n) is 2.43. The van der Waals surface area contributed by atoms with E-state index < -0.39 is 5.97 Å². The third-order valence-corrected chi connectivity index (χ3v) is 3.45. The van der Waals surface area contributed by atoms with Crippen molar-refractivity contribution in [1.82, 2.24) is 0 Å². The Balaban J connectivity index is 1.94. The summed E-state index contributed by atoms with van der Waals surface area (Å²) in [5.41, 5.74) is 2.33. The lowest BCUT2D eigenvalue weighted by atomic mass is 9.85. The second kappa shape index (κ2) is 5.21. The predicted octanol–water partition coefficient (Wildman–Crippen LogP) is 3.05. The van der Waals surface area contributed by atoms with Crippen LogP contribution in [0.25, 0.3) is 0 Å². The molecule has 1 aromatic rings. The second-order valence-corrected chi connectivity index (χ2v) is 4.91. The summed E-state index contributed by atoms with van der Waals surface area (Å²) in [5.74, 6) is -0.827. The highest BCUT2D eigenvalue weighted by molar-refractivity contribution is 5.70. The van der Waals surface area contributed by atoms with Crippen LogP contribution in [0.15, 0.2) is 24.3 Å². The highest BCUT2D eigenvalue weighted by Gasteiger charge is 2.26. The van der Waals surface area contributed by atoms with E-state index in [0.29, 0.717) is 6.04 Å². The van der Waals surface area contributed by atoms with Crippen LogP contribution in [0.1, 0.15) is 31.2 Å². The topological polar surface area (TPSA) is 49.3 Å². The lowest BCUT2D eigenvalue weighted by Crippen LogP contribution is -2.30. The fourth-order valence-corrected chi connectivity index (χ4v) is 2.43. The Labute approximate surface area is 102 Å². The highest BCUT2D eigenvalue weighted by Crippen LogP contribution is 2.26. The number of aryl methyl sites for hydroxylation is 1. The predicted molar refractivity (Wildman–Crippen MR) is 68.2 cm³/mol. The minimum Gasteiger partial charge on any atom is -0.481 e. The Morgan fingerprint density at radius 1 is 1.29 bits per heavy atom. The first-order chi connectivity index (χ1) is 8.15. The van der Waals surface area contributed by atoms with Crippen LogP contribution >= 0.6 is 0 Å². The molecular formula is C14H19NO2. The Morgan fingerprint density at radius 2 is 2.00 bits per heavy atom. The molecule has 1 aliphatic carbocycles. The average Bonchev–Trinajstić information content (AvgIpc) is 2.32. The first kappa shape index (κ1) is 12.0. The van der Waals surface area contributed by atoms with Gasteiger partial charge in [0.05, 0.1) is 5.92 Å². The zero-order valence-corrected chi connectivity index (χ0v) is 10.1. The van der Waals surface area contributed by atoms with Crippen molar-refractivity contribution in [3.63, 3.8) is 0 Å². The van der Waals surface area contributed by atoms with Gasteiger partial charge in [-0.3, -0.25) is 4.79 Å². The lowest BCUT2D eigenvalue weighted by Gasteiger charge is -2.28. The van der Waals surface area contributed by atoms with E-state index in [9.17, 15) is 4.79 Å². The molecule has 0 saturated heterocycles. The van der Waals surface area contributed by atoms with Crippen molar-refractivity contribution in [2.24, 2.45) is 5.92 Å². The van der Waals surface area contributed by atoms with Crippen molar-refractivity contribution in [3.8, 4) is 0 Å². The molecule has 1 aliphatic rings. The molecule has 0 aliphatic heterocycles. The number of carboxylic acids is 1. The first-order valence-corrected chi connectivity index (χ1v) is 6.21. The van der Waals surface area contributed by atoms with E-state index in [1.165, 1.54) is 5.56 Å². The summed E-state index contributed by atoms with van der Waals surface area (Å²) >= 11 is 0. The molecule has 17 heavy (non-hydrogen) atoms. The van der Waals surface area contributed by atoms with Crippen LogP contribution < -0.4 is 5.32 Å². The van der Waals surface area contributed by atoms with E-state index in [1.54, 1.807) is 0 Å². The molecule has 2 N–H and O–H groups in total. The Hall–Kier alpha value is -1.51. The zero-order chi connectivity index (χ0) is 12.3. The third-order valence-electron chi connectivity index (χ3n) is 3.45. The molecule has 2 rings (SSSR count). The van der Waals surface area contributed by atoms with Gasteiger partial charge in [0, 0.05) is 11.7 Å². The number of carboxylic acid groups (broad SMARTS) is 1. The number of carbonyl (C=O) groups is 1. The Bertz CT molecular complexity index is 386. The number of rotatable bonds is 3. The molecule has 0 heterocycles. The number of hydrogen-bond acceptors (Lipinski definition) is 2. The quantitative estimate of drug-likeness (QED) is 0.843. The van der Waals surface area contributed by atoms with Crippen molar-refractivity contribution in [3.05, 3.63) is 29.8 Å². The SMILES string of the molecule is Cc1ccc(NC2CCCC(C(=O)O)C2)cc1. The van der Waals surface area contributed by atoms with Crippen LogP contribution in [0.5, 0.6) is 0 Å². The zero-order valence-electron chi connectivity index (χ0n) is 10.1. The Kier molecular flexibility index (Phi) is 3.67. The summed E-state index contributed by atoms with van der Waals surface area (Å²) < 4.78 is 0. The van der Waals surface area contributed by atoms with E-state index in [0.717, 1.165) is 31.4 Å². The molecular weight excluding hydrogens is 214 g/mol. The second-order valence-electron chi connectivity index (χ2n) is 4.91. The molecule has 0 amide bonds. The maximum Gasteiger partial charge on any atom is 0.306 e. The van der Waals surface area contributed by atoms with Gasteiger partial charge in [0.25, 0.3) is 0 Å². The van der Waals surface area contributed by atoms with Gasteiger partial charge in [0.15, 0.2) is 0 Å². The van der Waals surface area contributed by atoms with E-state index in [4.69, 9.17) is 5.11 Å². The number of benzene rings is 1. The van der Waals surface area contributed by atoms with Gasteiger partial charge in [-0.2, -0.15) is 0 Å². The van der Waals surface area contributed by atoms with E-state index in [1.807, 2.05) is 0 Å².